The van der Waals surface area contributed by atoms with E-state index in [1.807, 2.05) is 6.07 Å². The van der Waals surface area contributed by atoms with Gasteiger partial charge in [-0.1, -0.05) is 12.1 Å². The first-order valence-corrected chi connectivity index (χ1v) is 14.4. The van der Waals surface area contributed by atoms with E-state index in [2.05, 4.69) is 10.4 Å². The molecule has 3 amide bonds. The van der Waals surface area contributed by atoms with Crippen LogP contribution in [0.5, 0.6) is 11.5 Å². The topological polar surface area (TPSA) is 130 Å². The van der Waals surface area contributed by atoms with Crippen molar-refractivity contribution in [1.29, 1.82) is 5.26 Å². The third kappa shape index (κ3) is 5.29. The van der Waals surface area contributed by atoms with Crippen molar-refractivity contribution >= 4 is 29.1 Å². The highest BCUT2D eigenvalue weighted by molar-refractivity contribution is 6.13. The number of rotatable bonds is 7. The summed E-state index contributed by atoms with van der Waals surface area (Å²) < 4.78 is 56.4. The van der Waals surface area contributed by atoms with Crippen LogP contribution in [-0.2, 0) is 10.7 Å². The second-order valence-corrected chi connectivity index (χ2v) is 11.0. The fourth-order valence-electron chi connectivity index (χ4n) is 6.00. The number of likely N-dealkylation sites (tertiary alicyclic amines) is 1. The lowest BCUT2D eigenvalue weighted by Gasteiger charge is -2.37. The van der Waals surface area contributed by atoms with E-state index in [0.717, 1.165) is 18.2 Å². The minimum Gasteiger partial charge on any atom is -0.495 e. The largest absolute Gasteiger partial charge is 0.495 e. The Bertz CT molecular complexity index is 1950. The minimum atomic E-state index is -3.52. The van der Waals surface area contributed by atoms with Crippen LogP contribution in [0.4, 0.5) is 24.5 Å². The third-order valence-electron chi connectivity index (χ3n) is 8.42. The maximum Gasteiger partial charge on any atom is 0.298 e. The van der Waals surface area contributed by atoms with Crippen LogP contribution in [-0.4, -0.2) is 65.8 Å². The molecule has 240 valence electrons. The number of carbonyl (C=O) groups is 3. The van der Waals surface area contributed by atoms with E-state index in [-0.39, 0.29) is 52.9 Å². The minimum absolute atomic E-state index is 0.0341. The van der Waals surface area contributed by atoms with Gasteiger partial charge in [0.15, 0.2) is 17.3 Å². The molecular weight excluding hydrogens is 617 g/mol. The first-order valence-electron chi connectivity index (χ1n) is 14.4. The van der Waals surface area contributed by atoms with Gasteiger partial charge in [-0.25, -0.2) is 4.39 Å². The van der Waals surface area contributed by atoms with Gasteiger partial charge < -0.3 is 19.7 Å². The van der Waals surface area contributed by atoms with E-state index in [1.165, 1.54) is 79.4 Å². The van der Waals surface area contributed by atoms with E-state index in [4.69, 9.17) is 9.47 Å². The molecule has 47 heavy (non-hydrogen) atoms. The molecule has 0 saturated carbocycles. The van der Waals surface area contributed by atoms with Crippen LogP contribution >= 0.6 is 0 Å². The first-order chi connectivity index (χ1) is 22.5. The monoisotopic (exact) mass is 644 g/mol. The van der Waals surface area contributed by atoms with E-state index in [0.29, 0.717) is 5.75 Å². The van der Waals surface area contributed by atoms with Crippen molar-refractivity contribution in [2.24, 2.45) is 0 Å². The number of amides is 3. The van der Waals surface area contributed by atoms with Gasteiger partial charge in [-0.05, 0) is 48.5 Å². The van der Waals surface area contributed by atoms with Gasteiger partial charge in [-0.2, -0.15) is 19.1 Å². The average Bonchev–Trinajstić information content (AvgIpc) is 3.70. The number of alkyl halides is 2. The summed E-state index contributed by atoms with van der Waals surface area (Å²) >= 11 is 0. The number of ether oxygens (including phenoxy) is 2. The summed E-state index contributed by atoms with van der Waals surface area (Å²) in [4.78, 5) is 42.8. The lowest BCUT2D eigenvalue weighted by Crippen LogP contribution is -2.51. The molecule has 14 heteroatoms. The zero-order chi connectivity index (χ0) is 33.6. The number of nitriles is 1. The zero-order valence-electron chi connectivity index (χ0n) is 25.3. The number of nitrogens with one attached hydrogen (secondary N) is 1. The Morgan fingerprint density at radius 3 is 2.32 bits per heavy atom. The third-order valence-corrected chi connectivity index (χ3v) is 8.42. The molecule has 1 fully saturated rings. The van der Waals surface area contributed by atoms with Gasteiger partial charge in [0, 0.05) is 42.4 Å². The molecule has 1 aromatic heterocycles. The molecule has 1 saturated heterocycles. The molecular formula is C33H27F3N6O5. The van der Waals surface area contributed by atoms with Crippen molar-refractivity contribution in [3.63, 3.8) is 0 Å². The smallest absolute Gasteiger partial charge is 0.298 e. The molecule has 0 radical (unpaired) electrons. The quantitative estimate of drug-likeness (QED) is 0.308. The van der Waals surface area contributed by atoms with E-state index in [1.54, 1.807) is 4.90 Å². The summed E-state index contributed by atoms with van der Waals surface area (Å²) in [6, 6.07) is 13.1. The Morgan fingerprint density at radius 1 is 0.979 bits per heavy atom. The number of aromatic nitrogens is 2. The number of hydrogen-bond acceptors (Lipinski definition) is 7. The lowest BCUT2D eigenvalue weighted by molar-refractivity contribution is -0.127. The van der Waals surface area contributed by atoms with Crippen molar-refractivity contribution in [3.05, 3.63) is 101 Å². The molecule has 1 N–H and O–H groups in total. The second kappa shape index (κ2) is 11.8. The zero-order valence-corrected chi connectivity index (χ0v) is 25.3. The average molecular weight is 645 g/mol. The molecule has 2 aliphatic rings. The van der Waals surface area contributed by atoms with Gasteiger partial charge >= 0.3 is 0 Å². The number of fused-ring (bicyclic) bond motifs is 3. The number of benzene rings is 3. The Balaban J connectivity index is 1.35. The van der Waals surface area contributed by atoms with Gasteiger partial charge in [-0.15, -0.1) is 0 Å². The summed E-state index contributed by atoms with van der Waals surface area (Å²) in [5.74, 6) is -5.72. The molecule has 2 atom stereocenters. The van der Waals surface area contributed by atoms with E-state index < -0.39 is 46.8 Å². The number of nitrogens with zero attached hydrogens (tertiary/aromatic N) is 5. The molecule has 0 aliphatic carbocycles. The van der Waals surface area contributed by atoms with Crippen LogP contribution in [0.15, 0.2) is 66.9 Å². The summed E-state index contributed by atoms with van der Waals surface area (Å²) in [6.45, 7) is 1.80. The van der Waals surface area contributed by atoms with Gasteiger partial charge in [0.25, 0.3) is 17.7 Å². The van der Waals surface area contributed by atoms with E-state index >= 15 is 8.78 Å². The molecule has 11 nitrogen and oxygen atoms in total. The molecule has 3 aromatic carbocycles. The van der Waals surface area contributed by atoms with Crippen LogP contribution < -0.4 is 19.7 Å². The Kier molecular flexibility index (Phi) is 7.84. The second-order valence-electron chi connectivity index (χ2n) is 11.0. The highest BCUT2D eigenvalue weighted by atomic mass is 19.3. The highest BCUT2D eigenvalue weighted by Crippen LogP contribution is 2.41. The number of carbonyl (C=O) groups excluding carboxylic acids is 3. The Hall–Kier alpha value is -5.84. The predicted molar refractivity (Wildman–Crippen MR) is 162 cm³/mol. The highest BCUT2D eigenvalue weighted by Gasteiger charge is 2.48. The van der Waals surface area contributed by atoms with Gasteiger partial charge in [0.05, 0.1) is 43.8 Å². The molecule has 6 rings (SSSR count). The normalized spacial score (nSPS) is 17.1. The van der Waals surface area contributed by atoms with Crippen LogP contribution in [0.2, 0.25) is 0 Å². The lowest BCUT2D eigenvalue weighted by atomic mass is 9.98. The number of anilines is 2. The molecule has 0 bridgehead atoms. The SMILES string of the molecule is COc1cc(C(F)(F)c2ccc(N3C(=O)c4c(NC(=O)c5ccc(OC)c(C#N)c5)cnn4[C@@H]4CN(C(C)=O)C[C@@H]43)cc2)ccc1F. The van der Waals surface area contributed by atoms with Gasteiger partial charge in [0.1, 0.15) is 11.8 Å². The number of methoxy groups -OCH3 is 2. The van der Waals surface area contributed by atoms with Crippen LogP contribution in [0.25, 0.3) is 0 Å². The maximum atomic E-state index is 15.5. The van der Waals surface area contributed by atoms with Crippen molar-refractivity contribution in [2.75, 3.05) is 37.5 Å². The molecule has 3 heterocycles. The Labute approximate surface area is 266 Å². The number of halogens is 3. The summed E-state index contributed by atoms with van der Waals surface area (Å²) in [5, 5.41) is 16.5. The Morgan fingerprint density at radius 2 is 1.66 bits per heavy atom. The summed E-state index contributed by atoms with van der Waals surface area (Å²) in [5.41, 5.74) is -0.190. The van der Waals surface area contributed by atoms with E-state index in [9.17, 15) is 24.0 Å². The van der Waals surface area contributed by atoms with Crippen molar-refractivity contribution in [1.82, 2.24) is 14.7 Å². The van der Waals surface area contributed by atoms with Crippen molar-refractivity contribution in [2.45, 2.75) is 24.9 Å². The molecule has 4 aromatic rings. The van der Waals surface area contributed by atoms with Crippen LogP contribution in [0.3, 0.4) is 0 Å². The molecule has 2 aliphatic heterocycles. The van der Waals surface area contributed by atoms with Gasteiger partial charge in [-0.3, -0.25) is 24.0 Å². The fraction of sp³-hybridized carbons (Fsp3) is 0.242. The van der Waals surface area contributed by atoms with Gasteiger partial charge in [0.2, 0.25) is 5.91 Å². The molecule has 0 unspecified atom stereocenters. The predicted octanol–water partition coefficient (Wildman–Crippen LogP) is 4.74. The van der Waals surface area contributed by atoms with Crippen molar-refractivity contribution in [3.8, 4) is 17.6 Å². The number of hydrogen-bond donors (Lipinski definition) is 1. The summed E-state index contributed by atoms with van der Waals surface area (Å²) in [6.07, 6.45) is 1.33. The van der Waals surface area contributed by atoms with Crippen LogP contribution in [0, 0.1) is 17.1 Å². The van der Waals surface area contributed by atoms with Crippen LogP contribution in [0.1, 0.15) is 50.5 Å². The maximum absolute atomic E-state index is 15.5. The first kappa shape index (κ1) is 31.2. The van der Waals surface area contributed by atoms with Crippen molar-refractivity contribution < 1.29 is 37.0 Å². The molecule has 0 spiro atoms. The fourth-order valence-corrected chi connectivity index (χ4v) is 6.00. The summed E-state index contributed by atoms with van der Waals surface area (Å²) in [7, 11) is 2.58. The standard InChI is InChI=1S/C33H27F3N6O5/c1-18(43)40-16-26-27(17-40)42-30(25(15-38-42)39-31(44)19-4-11-28(46-2)20(12-19)14-37)32(45)41(26)23-8-5-21(6-9-23)33(35,36)22-7-10-24(34)29(13-22)47-3/h4-13,15,26-27H,16-17H2,1-3H3,(H,39,44)/t26-,27+/m0/s1.